The Morgan fingerprint density at radius 3 is 2.57 bits per heavy atom. The predicted molar refractivity (Wildman–Crippen MR) is 95.6 cm³/mol. The van der Waals surface area contributed by atoms with E-state index in [1.165, 1.54) is 0 Å². The quantitative estimate of drug-likeness (QED) is 0.822. The van der Waals surface area contributed by atoms with Crippen LogP contribution >= 0.6 is 23.2 Å². The molecule has 1 fully saturated rings. The normalized spacial score (nSPS) is 19.1. The van der Waals surface area contributed by atoms with Gasteiger partial charge in [-0.1, -0.05) is 23.2 Å². The SMILES string of the molecule is C[C@@H]1CN(c2ccc(Cl)cc2Cl)CCN1C(=O)COC(C)(C)C. The van der Waals surface area contributed by atoms with Crippen LogP contribution in [0.5, 0.6) is 0 Å². The highest BCUT2D eigenvalue weighted by Gasteiger charge is 2.29. The van der Waals surface area contributed by atoms with Gasteiger partial charge in [-0.05, 0) is 45.9 Å². The average molecular weight is 359 g/mol. The van der Waals surface area contributed by atoms with Crippen LogP contribution in [0, 0.1) is 0 Å². The number of nitrogens with zero attached hydrogens (tertiary/aromatic N) is 2. The van der Waals surface area contributed by atoms with E-state index in [0.717, 1.165) is 18.8 Å². The zero-order chi connectivity index (χ0) is 17.2. The number of benzene rings is 1. The van der Waals surface area contributed by atoms with Crippen molar-refractivity contribution >= 4 is 34.8 Å². The Hall–Kier alpha value is -0.970. The van der Waals surface area contributed by atoms with E-state index in [0.29, 0.717) is 16.6 Å². The summed E-state index contributed by atoms with van der Waals surface area (Å²) in [5.74, 6) is 0.0364. The molecule has 0 saturated carbocycles. The third kappa shape index (κ3) is 5.00. The van der Waals surface area contributed by atoms with Crippen LogP contribution in [0.1, 0.15) is 27.7 Å². The van der Waals surface area contributed by atoms with Crippen molar-refractivity contribution in [2.24, 2.45) is 0 Å². The first-order chi connectivity index (χ1) is 10.7. The van der Waals surface area contributed by atoms with Crippen LogP contribution in [0.25, 0.3) is 0 Å². The maximum Gasteiger partial charge on any atom is 0.248 e. The fourth-order valence-corrected chi connectivity index (χ4v) is 3.17. The van der Waals surface area contributed by atoms with E-state index < -0.39 is 0 Å². The Kier molecular flexibility index (Phi) is 5.82. The van der Waals surface area contributed by atoms with Gasteiger partial charge in [-0.2, -0.15) is 0 Å². The van der Waals surface area contributed by atoms with Crippen molar-refractivity contribution in [1.82, 2.24) is 4.90 Å². The van der Waals surface area contributed by atoms with E-state index in [1.807, 2.05) is 44.7 Å². The maximum atomic E-state index is 12.3. The predicted octanol–water partition coefficient (Wildman–Crippen LogP) is 3.85. The zero-order valence-corrected chi connectivity index (χ0v) is 15.6. The molecule has 1 aromatic carbocycles. The van der Waals surface area contributed by atoms with E-state index in [1.54, 1.807) is 6.07 Å². The molecule has 0 N–H and O–H groups in total. The highest BCUT2D eigenvalue weighted by atomic mass is 35.5. The standard InChI is InChI=1S/C17H24Cl2N2O2/c1-12-10-20(15-6-5-13(18)9-14(15)19)7-8-21(12)16(22)11-23-17(2,3)4/h5-6,9,12H,7-8,10-11H2,1-4H3/t12-/m1/s1. The van der Waals surface area contributed by atoms with Crippen LogP contribution in [0.3, 0.4) is 0 Å². The molecule has 0 aromatic heterocycles. The van der Waals surface area contributed by atoms with Gasteiger partial charge in [0.15, 0.2) is 0 Å². The van der Waals surface area contributed by atoms with Gasteiger partial charge in [-0.3, -0.25) is 4.79 Å². The number of piperazine rings is 1. The van der Waals surface area contributed by atoms with E-state index in [9.17, 15) is 4.79 Å². The van der Waals surface area contributed by atoms with Gasteiger partial charge >= 0.3 is 0 Å². The van der Waals surface area contributed by atoms with Crippen molar-refractivity contribution < 1.29 is 9.53 Å². The number of amides is 1. The molecule has 6 heteroatoms. The second-order valence-electron chi connectivity index (χ2n) is 6.88. The van der Waals surface area contributed by atoms with Crippen LogP contribution in [-0.2, 0) is 9.53 Å². The van der Waals surface area contributed by atoms with Gasteiger partial charge in [-0.15, -0.1) is 0 Å². The van der Waals surface area contributed by atoms with Gasteiger partial charge in [0.2, 0.25) is 5.91 Å². The first-order valence-electron chi connectivity index (χ1n) is 7.81. The van der Waals surface area contributed by atoms with Crippen LogP contribution in [-0.4, -0.2) is 48.7 Å². The summed E-state index contributed by atoms with van der Waals surface area (Å²) in [5.41, 5.74) is 0.651. The number of hydrogen-bond donors (Lipinski definition) is 0. The topological polar surface area (TPSA) is 32.8 Å². The third-order valence-corrected chi connectivity index (χ3v) is 4.36. The van der Waals surface area contributed by atoms with Gasteiger partial charge in [0, 0.05) is 30.7 Å². The Labute approximate surface area is 148 Å². The van der Waals surface area contributed by atoms with Crippen molar-refractivity contribution in [1.29, 1.82) is 0 Å². The smallest absolute Gasteiger partial charge is 0.248 e. The van der Waals surface area contributed by atoms with Crippen molar-refractivity contribution in [3.8, 4) is 0 Å². The van der Waals surface area contributed by atoms with Crippen molar-refractivity contribution in [2.45, 2.75) is 39.3 Å². The fourth-order valence-electron chi connectivity index (χ4n) is 2.65. The molecule has 1 saturated heterocycles. The molecule has 0 spiro atoms. The summed E-state index contributed by atoms with van der Waals surface area (Å²) in [6.45, 7) is 10.2. The van der Waals surface area contributed by atoms with Gasteiger partial charge in [0.05, 0.1) is 16.3 Å². The molecule has 1 atom stereocenters. The second-order valence-corrected chi connectivity index (χ2v) is 7.72. The Balaban J connectivity index is 1.98. The molecule has 1 aliphatic rings. The fraction of sp³-hybridized carbons (Fsp3) is 0.588. The molecular formula is C17H24Cl2N2O2. The summed E-state index contributed by atoms with van der Waals surface area (Å²) in [6, 6.07) is 5.61. The third-order valence-electron chi connectivity index (χ3n) is 3.83. The number of halogens is 2. The Morgan fingerprint density at radius 2 is 2.00 bits per heavy atom. The molecule has 4 nitrogen and oxygen atoms in total. The summed E-state index contributed by atoms with van der Waals surface area (Å²) in [4.78, 5) is 16.4. The Bertz CT molecular complexity index is 572. The summed E-state index contributed by atoms with van der Waals surface area (Å²) in [5, 5.41) is 1.26. The molecule has 0 unspecified atom stereocenters. The van der Waals surface area contributed by atoms with E-state index in [2.05, 4.69) is 4.90 Å². The minimum atomic E-state index is -0.308. The van der Waals surface area contributed by atoms with Gasteiger partial charge in [-0.25, -0.2) is 0 Å². The molecule has 1 aromatic rings. The van der Waals surface area contributed by atoms with E-state index in [4.69, 9.17) is 27.9 Å². The molecule has 1 amide bonds. The average Bonchev–Trinajstić information content (AvgIpc) is 2.44. The van der Waals surface area contributed by atoms with Crippen LogP contribution in [0.15, 0.2) is 18.2 Å². The molecule has 0 radical (unpaired) electrons. The number of hydrogen-bond acceptors (Lipinski definition) is 3. The highest BCUT2D eigenvalue weighted by Crippen LogP contribution is 2.30. The lowest BCUT2D eigenvalue weighted by Crippen LogP contribution is -2.55. The Morgan fingerprint density at radius 1 is 1.30 bits per heavy atom. The molecule has 1 aliphatic heterocycles. The van der Waals surface area contributed by atoms with E-state index >= 15 is 0 Å². The van der Waals surface area contributed by atoms with Gasteiger partial charge in [0.1, 0.15) is 6.61 Å². The molecule has 0 bridgehead atoms. The number of carbonyl (C=O) groups excluding carboxylic acids is 1. The number of anilines is 1. The number of carbonyl (C=O) groups is 1. The van der Waals surface area contributed by atoms with Gasteiger partial charge in [0.25, 0.3) is 0 Å². The number of ether oxygens (including phenoxy) is 1. The second kappa shape index (κ2) is 7.29. The molecule has 0 aliphatic carbocycles. The maximum absolute atomic E-state index is 12.3. The van der Waals surface area contributed by atoms with E-state index in [-0.39, 0.29) is 24.2 Å². The first kappa shape index (κ1) is 18.4. The summed E-state index contributed by atoms with van der Waals surface area (Å²) < 4.78 is 5.60. The zero-order valence-electron chi connectivity index (χ0n) is 14.1. The van der Waals surface area contributed by atoms with Crippen LogP contribution in [0.4, 0.5) is 5.69 Å². The van der Waals surface area contributed by atoms with Crippen molar-refractivity contribution in [3.63, 3.8) is 0 Å². The summed E-state index contributed by atoms with van der Waals surface area (Å²) >= 11 is 12.2. The van der Waals surface area contributed by atoms with Crippen molar-refractivity contribution in [3.05, 3.63) is 28.2 Å². The lowest BCUT2D eigenvalue weighted by molar-refractivity contribution is -0.143. The molecule has 2 rings (SSSR count). The van der Waals surface area contributed by atoms with Crippen LogP contribution in [0.2, 0.25) is 10.0 Å². The monoisotopic (exact) mass is 358 g/mol. The first-order valence-corrected chi connectivity index (χ1v) is 8.56. The molecule has 1 heterocycles. The minimum absolute atomic E-state index is 0.0364. The largest absolute Gasteiger partial charge is 0.366 e. The van der Waals surface area contributed by atoms with Gasteiger partial charge < -0.3 is 14.5 Å². The molecule has 23 heavy (non-hydrogen) atoms. The number of rotatable bonds is 3. The lowest BCUT2D eigenvalue weighted by atomic mass is 10.1. The van der Waals surface area contributed by atoms with Crippen molar-refractivity contribution in [2.75, 3.05) is 31.1 Å². The molecular weight excluding hydrogens is 335 g/mol. The summed E-state index contributed by atoms with van der Waals surface area (Å²) in [6.07, 6.45) is 0. The molecule has 128 valence electrons. The highest BCUT2D eigenvalue weighted by molar-refractivity contribution is 6.36. The lowest BCUT2D eigenvalue weighted by Gasteiger charge is -2.41. The minimum Gasteiger partial charge on any atom is -0.366 e. The summed E-state index contributed by atoms with van der Waals surface area (Å²) in [7, 11) is 0. The van der Waals surface area contributed by atoms with Crippen LogP contribution < -0.4 is 4.90 Å².